The van der Waals surface area contributed by atoms with Gasteiger partial charge in [0.1, 0.15) is 6.04 Å². The van der Waals surface area contributed by atoms with Crippen molar-refractivity contribution in [3.05, 3.63) is 41.1 Å². The minimum absolute atomic E-state index is 0.0868. The third-order valence-corrected chi connectivity index (χ3v) is 5.85. The molecule has 2 aromatic rings. The van der Waals surface area contributed by atoms with Gasteiger partial charge in [0.2, 0.25) is 5.91 Å². The van der Waals surface area contributed by atoms with Crippen LogP contribution in [0.15, 0.2) is 28.8 Å². The molecule has 1 atom stereocenters. The topological polar surface area (TPSA) is 66.7 Å². The van der Waals surface area contributed by atoms with Gasteiger partial charge in [-0.2, -0.15) is 0 Å². The summed E-state index contributed by atoms with van der Waals surface area (Å²) in [5.41, 5.74) is 3.41. The number of likely N-dealkylation sites (tertiary alicyclic amines) is 2. The van der Waals surface area contributed by atoms with E-state index in [0.29, 0.717) is 12.3 Å². The zero-order valence-electron chi connectivity index (χ0n) is 16.6. The standard InChI is InChI=1S/C22H27N3O3/c1-15-8-9-16(2)17(13-15)20-14-18(23-28-20)21(26)25-12-4-3-7-19(25)22(27)24-10-5-6-11-24/h8-9,13-14,19H,3-7,10-12H2,1-2H3. The first kappa shape index (κ1) is 18.7. The molecule has 1 aromatic heterocycles. The maximum absolute atomic E-state index is 13.2. The SMILES string of the molecule is Cc1ccc(C)c(-c2cc(C(=O)N3CCCCC3C(=O)N3CCCC3)no2)c1. The van der Waals surface area contributed by atoms with Gasteiger partial charge in [-0.25, -0.2) is 0 Å². The number of amides is 2. The fourth-order valence-corrected chi connectivity index (χ4v) is 4.23. The number of hydrogen-bond acceptors (Lipinski definition) is 4. The van der Waals surface area contributed by atoms with Crippen LogP contribution in [-0.4, -0.2) is 52.4 Å². The number of rotatable bonds is 3. The van der Waals surface area contributed by atoms with Crippen molar-refractivity contribution in [3.8, 4) is 11.3 Å². The minimum Gasteiger partial charge on any atom is -0.355 e. The van der Waals surface area contributed by atoms with Crippen LogP contribution < -0.4 is 0 Å². The van der Waals surface area contributed by atoms with E-state index in [2.05, 4.69) is 5.16 Å². The molecule has 4 rings (SSSR count). The predicted octanol–water partition coefficient (Wildman–Crippen LogP) is 3.58. The average molecular weight is 381 g/mol. The fraction of sp³-hybridized carbons (Fsp3) is 0.500. The van der Waals surface area contributed by atoms with Crippen molar-refractivity contribution in [1.29, 1.82) is 0 Å². The van der Waals surface area contributed by atoms with Crippen molar-refractivity contribution in [2.45, 2.75) is 52.0 Å². The summed E-state index contributed by atoms with van der Waals surface area (Å²) in [5, 5.41) is 4.04. The second kappa shape index (κ2) is 7.78. The molecule has 1 unspecified atom stereocenters. The van der Waals surface area contributed by atoms with E-state index in [1.165, 1.54) is 0 Å². The smallest absolute Gasteiger partial charge is 0.276 e. The molecule has 0 radical (unpaired) electrons. The monoisotopic (exact) mass is 381 g/mol. The van der Waals surface area contributed by atoms with Gasteiger partial charge in [-0.1, -0.05) is 22.9 Å². The summed E-state index contributed by atoms with van der Waals surface area (Å²) in [6.45, 7) is 6.23. The van der Waals surface area contributed by atoms with Gasteiger partial charge in [0.15, 0.2) is 11.5 Å². The number of hydrogen-bond donors (Lipinski definition) is 0. The van der Waals surface area contributed by atoms with Gasteiger partial charge in [0.25, 0.3) is 5.91 Å². The summed E-state index contributed by atoms with van der Waals surface area (Å²) in [7, 11) is 0. The van der Waals surface area contributed by atoms with E-state index in [4.69, 9.17) is 4.52 Å². The first-order chi connectivity index (χ1) is 13.5. The van der Waals surface area contributed by atoms with E-state index >= 15 is 0 Å². The molecule has 2 fully saturated rings. The molecular weight excluding hydrogens is 354 g/mol. The first-order valence-electron chi connectivity index (χ1n) is 10.2. The molecule has 1 aromatic carbocycles. The summed E-state index contributed by atoms with van der Waals surface area (Å²) in [6.07, 6.45) is 4.71. The number of carbonyl (C=O) groups excluding carboxylic acids is 2. The normalized spacial score (nSPS) is 19.9. The highest BCUT2D eigenvalue weighted by Gasteiger charge is 2.36. The number of carbonyl (C=O) groups is 2. The van der Waals surface area contributed by atoms with Crippen molar-refractivity contribution < 1.29 is 14.1 Å². The summed E-state index contributed by atoms with van der Waals surface area (Å²) in [5.74, 6) is 0.463. The first-order valence-corrected chi connectivity index (χ1v) is 10.2. The number of aryl methyl sites for hydroxylation is 2. The van der Waals surface area contributed by atoms with Gasteiger partial charge in [-0.05, 0) is 57.6 Å². The van der Waals surface area contributed by atoms with Gasteiger partial charge in [-0.3, -0.25) is 9.59 Å². The third kappa shape index (κ3) is 3.55. The maximum atomic E-state index is 13.2. The molecule has 6 heteroatoms. The number of piperidine rings is 1. The van der Waals surface area contributed by atoms with Crippen LogP contribution in [0.1, 0.15) is 53.7 Å². The lowest BCUT2D eigenvalue weighted by Crippen LogP contribution is -2.52. The van der Waals surface area contributed by atoms with Crippen LogP contribution in [-0.2, 0) is 4.79 Å². The molecule has 0 spiro atoms. The van der Waals surface area contributed by atoms with Crippen LogP contribution in [0.2, 0.25) is 0 Å². The van der Waals surface area contributed by atoms with Crippen LogP contribution >= 0.6 is 0 Å². The summed E-state index contributed by atoms with van der Waals surface area (Å²) in [6, 6.07) is 7.44. The Hall–Kier alpha value is -2.63. The quantitative estimate of drug-likeness (QED) is 0.815. The lowest BCUT2D eigenvalue weighted by Gasteiger charge is -2.36. The van der Waals surface area contributed by atoms with E-state index < -0.39 is 0 Å². The second-order valence-corrected chi connectivity index (χ2v) is 7.94. The highest BCUT2D eigenvalue weighted by atomic mass is 16.5. The molecule has 2 aliphatic rings. The molecule has 0 aliphatic carbocycles. The Morgan fingerprint density at radius 2 is 1.79 bits per heavy atom. The van der Waals surface area contributed by atoms with Gasteiger partial charge < -0.3 is 14.3 Å². The molecule has 0 N–H and O–H groups in total. The van der Waals surface area contributed by atoms with Crippen LogP contribution in [0, 0.1) is 13.8 Å². The Morgan fingerprint density at radius 3 is 2.57 bits per heavy atom. The Bertz CT molecular complexity index is 883. The van der Waals surface area contributed by atoms with Gasteiger partial charge in [0, 0.05) is 31.3 Å². The second-order valence-electron chi connectivity index (χ2n) is 7.94. The van der Waals surface area contributed by atoms with Crippen molar-refractivity contribution in [2.75, 3.05) is 19.6 Å². The van der Waals surface area contributed by atoms with Crippen molar-refractivity contribution >= 4 is 11.8 Å². The Balaban J connectivity index is 1.57. The molecule has 148 valence electrons. The van der Waals surface area contributed by atoms with Crippen LogP contribution in [0.5, 0.6) is 0 Å². The highest BCUT2D eigenvalue weighted by Crippen LogP contribution is 2.27. The largest absolute Gasteiger partial charge is 0.355 e. The van der Waals surface area contributed by atoms with Crippen molar-refractivity contribution in [1.82, 2.24) is 15.0 Å². The Morgan fingerprint density at radius 1 is 1.04 bits per heavy atom. The Labute approximate surface area is 165 Å². The molecule has 0 bridgehead atoms. The zero-order valence-corrected chi connectivity index (χ0v) is 16.6. The van der Waals surface area contributed by atoms with Crippen LogP contribution in [0.3, 0.4) is 0 Å². The maximum Gasteiger partial charge on any atom is 0.276 e. The van der Waals surface area contributed by atoms with E-state index in [0.717, 1.165) is 61.9 Å². The van der Waals surface area contributed by atoms with Gasteiger partial charge in [0.05, 0.1) is 0 Å². The van der Waals surface area contributed by atoms with Crippen molar-refractivity contribution in [3.63, 3.8) is 0 Å². The molecule has 2 aliphatic heterocycles. The minimum atomic E-state index is -0.375. The summed E-state index contributed by atoms with van der Waals surface area (Å²) in [4.78, 5) is 29.7. The van der Waals surface area contributed by atoms with E-state index in [1.807, 2.05) is 36.9 Å². The Kier molecular flexibility index (Phi) is 5.20. The van der Waals surface area contributed by atoms with Gasteiger partial charge in [-0.15, -0.1) is 0 Å². The summed E-state index contributed by atoms with van der Waals surface area (Å²) >= 11 is 0. The zero-order chi connectivity index (χ0) is 19.7. The number of aromatic nitrogens is 1. The molecule has 3 heterocycles. The fourth-order valence-electron chi connectivity index (χ4n) is 4.23. The number of nitrogens with zero attached hydrogens (tertiary/aromatic N) is 3. The van der Waals surface area contributed by atoms with E-state index in [9.17, 15) is 9.59 Å². The molecule has 0 saturated carbocycles. The lowest BCUT2D eigenvalue weighted by molar-refractivity contribution is -0.136. The van der Waals surface area contributed by atoms with Gasteiger partial charge >= 0.3 is 0 Å². The average Bonchev–Trinajstić information content (AvgIpc) is 3.41. The van der Waals surface area contributed by atoms with Crippen LogP contribution in [0.25, 0.3) is 11.3 Å². The molecule has 2 saturated heterocycles. The molecule has 2 amide bonds. The van der Waals surface area contributed by atoms with Crippen LogP contribution in [0.4, 0.5) is 0 Å². The predicted molar refractivity (Wildman–Crippen MR) is 106 cm³/mol. The number of benzene rings is 1. The highest BCUT2D eigenvalue weighted by molar-refractivity contribution is 5.97. The van der Waals surface area contributed by atoms with Crippen molar-refractivity contribution in [2.24, 2.45) is 0 Å². The summed E-state index contributed by atoms with van der Waals surface area (Å²) < 4.78 is 5.50. The molecule has 28 heavy (non-hydrogen) atoms. The molecular formula is C22H27N3O3. The van der Waals surface area contributed by atoms with E-state index in [1.54, 1.807) is 11.0 Å². The lowest BCUT2D eigenvalue weighted by atomic mass is 10.00. The van der Waals surface area contributed by atoms with E-state index in [-0.39, 0.29) is 23.6 Å². The molecule has 6 nitrogen and oxygen atoms in total. The third-order valence-electron chi connectivity index (χ3n) is 5.85.